The molecule has 0 bridgehead atoms. The number of piperazine rings is 1. The van der Waals surface area contributed by atoms with E-state index in [-0.39, 0.29) is 10.8 Å². The predicted molar refractivity (Wildman–Crippen MR) is 114 cm³/mol. The van der Waals surface area contributed by atoms with Crippen molar-refractivity contribution in [1.29, 1.82) is 0 Å². The molecular weight excluding hydrogens is 388 g/mol. The lowest BCUT2D eigenvalue weighted by atomic mass is 10.0. The lowest BCUT2D eigenvalue weighted by Crippen LogP contribution is -2.52. The van der Waals surface area contributed by atoms with E-state index in [1.807, 2.05) is 0 Å². The van der Waals surface area contributed by atoms with Crippen molar-refractivity contribution in [2.24, 2.45) is 0 Å². The van der Waals surface area contributed by atoms with Gasteiger partial charge in [-0.3, -0.25) is 4.79 Å². The van der Waals surface area contributed by atoms with Gasteiger partial charge in [0.05, 0.1) is 4.90 Å². The van der Waals surface area contributed by atoms with Crippen molar-refractivity contribution in [3.63, 3.8) is 0 Å². The quantitative estimate of drug-likeness (QED) is 0.641. The second-order valence-corrected chi connectivity index (χ2v) is 9.75. The number of nitrogens with zero attached hydrogens (tertiary/aromatic N) is 3. The van der Waals surface area contributed by atoms with E-state index in [1.54, 1.807) is 30.3 Å². The molecule has 1 unspecified atom stereocenters. The first-order chi connectivity index (χ1) is 14.0. The number of amides is 1. The lowest BCUT2D eigenvalue weighted by Gasteiger charge is -2.34. The summed E-state index contributed by atoms with van der Waals surface area (Å²) in [7, 11) is -3.65. The lowest BCUT2D eigenvalue weighted by molar-refractivity contribution is -0.125. The second-order valence-electron chi connectivity index (χ2n) is 7.86. The summed E-state index contributed by atoms with van der Waals surface area (Å²) in [5.41, 5.74) is 0. The predicted octanol–water partition coefficient (Wildman–Crippen LogP) is 1.37. The first-order valence-electron chi connectivity index (χ1n) is 10.8. The molecule has 0 saturated carbocycles. The van der Waals surface area contributed by atoms with Crippen LogP contribution in [0.2, 0.25) is 0 Å². The molecule has 1 aromatic rings. The van der Waals surface area contributed by atoms with Gasteiger partial charge < -0.3 is 15.1 Å². The Kier molecular flexibility index (Phi) is 8.06. The Balaban J connectivity index is 1.50. The molecule has 0 aliphatic carbocycles. The largest absolute Gasteiger partial charge is 0.355 e. The summed E-state index contributed by atoms with van der Waals surface area (Å²) in [5.74, 6) is -0.167. The van der Waals surface area contributed by atoms with Crippen molar-refractivity contribution >= 4 is 15.9 Å². The number of carbonyl (C=O) groups excluding carboxylic acids is 1. The molecule has 0 spiro atoms. The van der Waals surface area contributed by atoms with E-state index >= 15 is 0 Å². The van der Waals surface area contributed by atoms with E-state index in [4.69, 9.17) is 0 Å². The number of hydrogen-bond acceptors (Lipinski definition) is 5. The molecule has 1 N–H and O–H groups in total. The number of carbonyl (C=O) groups is 1. The van der Waals surface area contributed by atoms with Crippen LogP contribution in [0.15, 0.2) is 35.2 Å². The van der Waals surface area contributed by atoms with Gasteiger partial charge in [-0.1, -0.05) is 31.5 Å². The van der Waals surface area contributed by atoms with Gasteiger partial charge in [-0.05, 0) is 44.5 Å². The second kappa shape index (κ2) is 10.5. The minimum Gasteiger partial charge on any atom is -0.355 e. The number of hydrogen-bond donors (Lipinski definition) is 1. The summed E-state index contributed by atoms with van der Waals surface area (Å²) >= 11 is 0. The van der Waals surface area contributed by atoms with Gasteiger partial charge in [-0.2, -0.15) is 4.31 Å². The van der Waals surface area contributed by atoms with Crippen LogP contribution in [-0.2, 0) is 14.8 Å². The van der Waals surface area contributed by atoms with Crippen LogP contribution in [0, 0.1) is 0 Å². The molecule has 1 atom stereocenters. The first kappa shape index (κ1) is 22.2. The van der Waals surface area contributed by atoms with Gasteiger partial charge in [0.25, 0.3) is 0 Å². The molecule has 2 saturated heterocycles. The van der Waals surface area contributed by atoms with Crippen LogP contribution < -0.4 is 5.32 Å². The molecule has 2 aliphatic heterocycles. The van der Waals surface area contributed by atoms with Gasteiger partial charge in [0.15, 0.2) is 0 Å². The number of benzene rings is 1. The molecule has 2 fully saturated rings. The molecule has 162 valence electrons. The molecule has 7 nitrogen and oxygen atoms in total. The summed E-state index contributed by atoms with van der Waals surface area (Å²) in [5, 5.41) is 2.98. The van der Waals surface area contributed by atoms with E-state index in [9.17, 15) is 13.2 Å². The zero-order chi connectivity index (χ0) is 20.7. The van der Waals surface area contributed by atoms with E-state index < -0.39 is 16.1 Å². The highest BCUT2D eigenvalue weighted by Gasteiger charge is 2.37. The summed E-state index contributed by atoms with van der Waals surface area (Å²) in [6, 6.07) is 7.80. The van der Waals surface area contributed by atoms with Crippen LogP contribution in [-0.4, -0.2) is 86.8 Å². The Hall–Kier alpha value is -1.48. The molecular formula is C21H34N4O3S. The molecule has 0 aromatic heterocycles. The highest BCUT2D eigenvalue weighted by atomic mass is 32.2. The molecule has 29 heavy (non-hydrogen) atoms. The van der Waals surface area contributed by atoms with Crippen LogP contribution in [0.1, 0.15) is 32.6 Å². The van der Waals surface area contributed by atoms with Crippen LogP contribution in [0.3, 0.4) is 0 Å². The zero-order valence-corrected chi connectivity index (χ0v) is 18.2. The number of sulfonamides is 1. The first-order valence-corrected chi connectivity index (χ1v) is 12.3. The third kappa shape index (κ3) is 5.78. The van der Waals surface area contributed by atoms with Crippen LogP contribution >= 0.6 is 0 Å². The van der Waals surface area contributed by atoms with Crippen molar-refractivity contribution < 1.29 is 13.2 Å². The molecule has 2 heterocycles. The molecule has 8 heteroatoms. The Labute approximate surface area is 175 Å². The van der Waals surface area contributed by atoms with E-state index in [0.717, 1.165) is 58.5 Å². The van der Waals surface area contributed by atoms with E-state index in [0.29, 0.717) is 19.5 Å². The van der Waals surface area contributed by atoms with Crippen LogP contribution in [0.25, 0.3) is 0 Å². The van der Waals surface area contributed by atoms with Crippen molar-refractivity contribution in [3.8, 4) is 0 Å². The third-order valence-electron chi connectivity index (χ3n) is 5.97. The summed E-state index contributed by atoms with van der Waals surface area (Å²) in [6.07, 6.45) is 3.13. The minimum absolute atomic E-state index is 0.167. The van der Waals surface area contributed by atoms with Crippen molar-refractivity contribution in [1.82, 2.24) is 19.4 Å². The van der Waals surface area contributed by atoms with Gasteiger partial charge in [0, 0.05) is 39.3 Å². The monoisotopic (exact) mass is 422 g/mol. The highest BCUT2D eigenvalue weighted by molar-refractivity contribution is 7.89. The van der Waals surface area contributed by atoms with Crippen molar-refractivity contribution in [3.05, 3.63) is 30.3 Å². The molecule has 1 amide bonds. The number of piperidine rings is 1. The van der Waals surface area contributed by atoms with Crippen LogP contribution in [0.4, 0.5) is 0 Å². The van der Waals surface area contributed by atoms with Gasteiger partial charge in [-0.25, -0.2) is 8.42 Å². The SMILES string of the molecule is CCN1CCN(CCCNC(=O)C2CCCCN2S(=O)(=O)c2ccccc2)CC1. The Morgan fingerprint density at radius 3 is 2.41 bits per heavy atom. The summed E-state index contributed by atoms with van der Waals surface area (Å²) < 4.78 is 27.4. The zero-order valence-electron chi connectivity index (χ0n) is 17.4. The Bertz CT molecular complexity index is 748. The topological polar surface area (TPSA) is 73.0 Å². The van der Waals surface area contributed by atoms with Crippen molar-refractivity contribution in [2.45, 2.75) is 43.5 Å². The molecule has 2 aliphatic rings. The van der Waals surface area contributed by atoms with Gasteiger partial charge in [0.2, 0.25) is 15.9 Å². The average Bonchev–Trinajstić information content (AvgIpc) is 2.77. The van der Waals surface area contributed by atoms with Crippen molar-refractivity contribution in [2.75, 3.05) is 52.4 Å². The normalized spacial score (nSPS) is 22.4. The van der Waals surface area contributed by atoms with E-state index in [2.05, 4.69) is 22.0 Å². The smallest absolute Gasteiger partial charge is 0.243 e. The molecule has 3 rings (SSSR count). The maximum Gasteiger partial charge on any atom is 0.243 e. The van der Waals surface area contributed by atoms with Gasteiger partial charge in [-0.15, -0.1) is 0 Å². The fraction of sp³-hybridized carbons (Fsp3) is 0.667. The average molecular weight is 423 g/mol. The fourth-order valence-corrected chi connectivity index (χ4v) is 5.82. The third-order valence-corrected chi connectivity index (χ3v) is 7.89. The standard InChI is InChI=1S/C21H34N4O3S/c1-2-23-15-17-24(18-16-23)13-8-12-22-21(26)20-11-6-7-14-25(20)29(27,28)19-9-4-3-5-10-19/h3-5,9-10,20H,2,6-8,11-18H2,1H3,(H,22,26). The fourth-order valence-electron chi connectivity index (χ4n) is 4.14. The summed E-state index contributed by atoms with van der Waals surface area (Å²) in [4.78, 5) is 17.9. The number of nitrogens with one attached hydrogen (secondary N) is 1. The van der Waals surface area contributed by atoms with Crippen LogP contribution in [0.5, 0.6) is 0 Å². The van der Waals surface area contributed by atoms with Gasteiger partial charge in [0.1, 0.15) is 6.04 Å². The van der Waals surface area contributed by atoms with E-state index in [1.165, 1.54) is 4.31 Å². The van der Waals surface area contributed by atoms with Gasteiger partial charge >= 0.3 is 0 Å². The maximum atomic E-state index is 13.0. The Morgan fingerprint density at radius 1 is 1.03 bits per heavy atom. The highest BCUT2D eigenvalue weighted by Crippen LogP contribution is 2.25. The maximum absolute atomic E-state index is 13.0. The Morgan fingerprint density at radius 2 is 1.72 bits per heavy atom. The summed E-state index contributed by atoms with van der Waals surface area (Å²) in [6.45, 7) is 9.62. The number of rotatable bonds is 8. The number of likely N-dealkylation sites (N-methyl/N-ethyl adjacent to an activating group) is 1. The molecule has 1 aromatic carbocycles. The minimum atomic E-state index is -3.65. The molecule has 0 radical (unpaired) electrons.